The van der Waals surface area contributed by atoms with E-state index in [1.807, 2.05) is 58.0 Å². The molecule has 124 valence electrons. The van der Waals surface area contributed by atoms with Crippen LogP contribution in [0.25, 0.3) is 0 Å². The molecule has 1 aromatic carbocycles. The van der Waals surface area contributed by atoms with E-state index in [2.05, 4.69) is 5.32 Å². The Morgan fingerprint density at radius 3 is 2.32 bits per heavy atom. The molecular weight excluding hydrogens is 278 g/mol. The lowest BCUT2D eigenvalue weighted by Gasteiger charge is -2.35. The lowest BCUT2D eigenvalue weighted by molar-refractivity contribution is -0.130. The van der Waals surface area contributed by atoms with Crippen LogP contribution in [0.4, 0.5) is 0 Å². The van der Waals surface area contributed by atoms with Gasteiger partial charge in [-0.05, 0) is 33.3 Å². The highest BCUT2D eigenvalue weighted by Crippen LogP contribution is 2.19. The molecule has 1 rings (SSSR count). The Morgan fingerprint density at radius 1 is 1.18 bits per heavy atom. The average molecular weight is 307 g/mol. The summed E-state index contributed by atoms with van der Waals surface area (Å²) in [5.74, 6) is -0.0846. The number of carbonyl (C=O) groups excluding carboxylic acids is 1. The number of hydrogen-bond acceptors (Lipinski definition) is 4. The van der Waals surface area contributed by atoms with Gasteiger partial charge in [0.1, 0.15) is 0 Å². The molecule has 0 spiro atoms. The predicted molar refractivity (Wildman–Crippen MR) is 89.3 cm³/mol. The Kier molecular flexibility index (Phi) is 6.53. The van der Waals surface area contributed by atoms with E-state index >= 15 is 0 Å². The quantitative estimate of drug-likeness (QED) is 0.682. The van der Waals surface area contributed by atoms with E-state index in [1.54, 1.807) is 0 Å². The largest absolute Gasteiger partial charge is 0.367 e. The van der Waals surface area contributed by atoms with Crippen LogP contribution in [0.15, 0.2) is 30.3 Å². The van der Waals surface area contributed by atoms with Gasteiger partial charge in [-0.3, -0.25) is 4.79 Å². The molecule has 0 saturated carbocycles. The van der Waals surface area contributed by atoms with Gasteiger partial charge in [-0.1, -0.05) is 30.3 Å². The zero-order chi connectivity index (χ0) is 16.8. The Balaban J connectivity index is 2.45. The van der Waals surface area contributed by atoms with E-state index in [9.17, 15) is 4.79 Å². The molecule has 0 heterocycles. The van der Waals surface area contributed by atoms with Crippen LogP contribution in [0.1, 0.15) is 45.7 Å². The van der Waals surface area contributed by atoms with Crippen molar-refractivity contribution >= 4 is 5.91 Å². The van der Waals surface area contributed by atoms with E-state index in [0.29, 0.717) is 13.1 Å². The highest BCUT2D eigenvalue weighted by Gasteiger charge is 2.28. The monoisotopic (exact) mass is 307 g/mol. The van der Waals surface area contributed by atoms with Gasteiger partial charge in [-0.15, -0.1) is 0 Å². The smallest absolute Gasteiger partial charge is 0.222 e. The average Bonchev–Trinajstić information content (AvgIpc) is 2.45. The summed E-state index contributed by atoms with van der Waals surface area (Å²) in [6, 6.07) is 9.31. The molecule has 0 bridgehead atoms. The SMILES string of the molecule is CC(C)(CN)OC(C)(C)CNC(=O)C[C@H](N)c1ccccc1. The van der Waals surface area contributed by atoms with Crippen LogP contribution in [-0.4, -0.2) is 30.2 Å². The summed E-state index contributed by atoms with van der Waals surface area (Å²) in [6.07, 6.45) is 0.250. The molecule has 0 aliphatic carbocycles. The van der Waals surface area contributed by atoms with E-state index in [1.165, 1.54) is 0 Å². The molecule has 5 N–H and O–H groups in total. The van der Waals surface area contributed by atoms with Gasteiger partial charge in [0, 0.05) is 25.6 Å². The second-order valence-electron chi connectivity index (χ2n) is 6.82. The number of rotatable bonds is 8. The van der Waals surface area contributed by atoms with Crippen LogP contribution in [-0.2, 0) is 9.53 Å². The fraction of sp³-hybridized carbons (Fsp3) is 0.588. The molecule has 22 heavy (non-hydrogen) atoms. The molecule has 1 atom stereocenters. The maximum Gasteiger partial charge on any atom is 0.222 e. The maximum absolute atomic E-state index is 12.0. The van der Waals surface area contributed by atoms with Gasteiger partial charge in [0.2, 0.25) is 5.91 Å². The van der Waals surface area contributed by atoms with Gasteiger partial charge in [-0.2, -0.15) is 0 Å². The summed E-state index contributed by atoms with van der Waals surface area (Å²) >= 11 is 0. The van der Waals surface area contributed by atoms with Crippen molar-refractivity contribution in [1.29, 1.82) is 0 Å². The number of benzene rings is 1. The molecule has 0 saturated heterocycles. The summed E-state index contributed by atoms with van der Waals surface area (Å²) in [4.78, 5) is 12.0. The van der Waals surface area contributed by atoms with E-state index < -0.39 is 11.2 Å². The van der Waals surface area contributed by atoms with Crippen molar-refractivity contribution < 1.29 is 9.53 Å². The van der Waals surface area contributed by atoms with Crippen molar-refractivity contribution in [1.82, 2.24) is 5.32 Å². The second-order valence-corrected chi connectivity index (χ2v) is 6.82. The zero-order valence-corrected chi connectivity index (χ0v) is 14.1. The van der Waals surface area contributed by atoms with Crippen LogP contribution in [0, 0.1) is 0 Å². The van der Waals surface area contributed by atoms with Crippen LogP contribution >= 0.6 is 0 Å². The van der Waals surface area contributed by atoms with E-state index in [0.717, 1.165) is 5.56 Å². The van der Waals surface area contributed by atoms with Gasteiger partial charge in [0.05, 0.1) is 11.2 Å². The minimum atomic E-state index is -0.491. The maximum atomic E-state index is 12.0. The summed E-state index contributed by atoms with van der Waals surface area (Å²) in [5, 5.41) is 2.89. The predicted octanol–water partition coefficient (Wildman–Crippen LogP) is 1.73. The number of amides is 1. The summed E-state index contributed by atoms with van der Waals surface area (Å²) in [5.41, 5.74) is 11.8. The Hall–Kier alpha value is -1.43. The van der Waals surface area contributed by atoms with Gasteiger partial charge in [-0.25, -0.2) is 0 Å². The van der Waals surface area contributed by atoms with Crippen molar-refractivity contribution in [2.45, 2.75) is 51.4 Å². The number of carbonyl (C=O) groups is 1. The second kappa shape index (κ2) is 7.72. The molecule has 0 aliphatic heterocycles. The molecule has 5 heteroatoms. The number of hydrogen-bond donors (Lipinski definition) is 3. The third kappa shape index (κ3) is 6.56. The molecule has 0 aromatic heterocycles. The van der Waals surface area contributed by atoms with Gasteiger partial charge in [0.15, 0.2) is 0 Å². The molecule has 0 aliphatic rings. The summed E-state index contributed by atoms with van der Waals surface area (Å²) in [6.45, 7) is 8.56. The third-order valence-corrected chi connectivity index (χ3v) is 3.39. The van der Waals surface area contributed by atoms with Crippen molar-refractivity contribution in [2.75, 3.05) is 13.1 Å². The van der Waals surface area contributed by atoms with Crippen molar-refractivity contribution in [3.05, 3.63) is 35.9 Å². The first-order chi connectivity index (χ1) is 10.2. The van der Waals surface area contributed by atoms with Crippen molar-refractivity contribution in [3.8, 4) is 0 Å². The van der Waals surface area contributed by atoms with Crippen LogP contribution in [0.3, 0.4) is 0 Å². The Labute approximate surface area is 133 Å². The van der Waals surface area contributed by atoms with Crippen LogP contribution in [0.2, 0.25) is 0 Å². The Morgan fingerprint density at radius 2 is 1.77 bits per heavy atom. The number of nitrogens with one attached hydrogen (secondary N) is 1. The summed E-state index contributed by atoms with van der Waals surface area (Å²) in [7, 11) is 0. The van der Waals surface area contributed by atoms with Crippen LogP contribution in [0.5, 0.6) is 0 Å². The third-order valence-electron chi connectivity index (χ3n) is 3.39. The first kappa shape index (κ1) is 18.6. The first-order valence-electron chi connectivity index (χ1n) is 7.63. The van der Waals surface area contributed by atoms with Crippen molar-refractivity contribution in [2.24, 2.45) is 11.5 Å². The molecule has 0 fully saturated rings. The van der Waals surface area contributed by atoms with Crippen LogP contribution < -0.4 is 16.8 Å². The molecule has 5 nitrogen and oxygen atoms in total. The number of ether oxygens (including phenoxy) is 1. The zero-order valence-electron chi connectivity index (χ0n) is 14.1. The molecular formula is C17H29N3O2. The summed E-state index contributed by atoms with van der Waals surface area (Å²) < 4.78 is 5.94. The normalized spacial score (nSPS) is 13.7. The molecule has 1 aromatic rings. The van der Waals surface area contributed by atoms with Gasteiger partial charge >= 0.3 is 0 Å². The molecule has 1 amide bonds. The highest BCUT2D eigenvalue weighted by molar-refractivity contribution is 5.76. The molecule has 0 unspecified atom stereocenters. The topological polar surface area (TPSA) is 90.4 Å². The fourth-order valence-corrected chi connectivity index (χ4v) is 2.23. The van der Waals surface area contributed by atoms with E-state index in [-0.39, 0.29) is 18.4 Å². The van der Waals surface area contributed by atoms with Gasteiger partial charge < -0.3 is 21.5 Å². The van der Waals surface area contributed by atoms with Gasteiger partial charge in [0.25, 0.3) is 0 Å². The minimum absolute atomic E-state index is 0.0846. The first-order valence-corrected chi connectivity index (χ1v) is 7.63. The fourth-order valence-electron chi connectivity index (χ4n) is 2.23. The lowest BCUT2D eigenvalue weighted by atomic mass is 10.0. The van der Waals surface area contributed by atoms with E-state index in [4.69, 9.17) is 16.2 Å². The highest BCUT2D eigenvalue weighted by atomic mass is 16.5. The number of nitrogens with two attached hydrogens (primary N) is 2. The minimum Gasteiger partial charge on any atom is -0.367 e. The lowest BCUT2D eigenvalue weighted by Crippen LogP contribution is -2.48. The molecule has 0 radical (unpaired) electrons. The standard InChI is InChI=1S/C17H29N3O2/c1-16(2,11-18)22-17(3,4)12-20-15(21)10-14(19)13-8-6-5-7-9-13/h5-9,14H,10-12,18-19H2,1-4H3,(H,20,21)/t14-/m0/s1. The van der Waals surface area contributed by atoms with Crippen molar-refractivity contribution in [3.63, 3.8) is 0 Å². The Bertz CT molecular complexity index is 472.